The van der Waals surface area contributed by atoms with Gasteiger partial charge in [0.1, 0.15) is 0 Å². The van der Waals surface area contributed by atoms with Gasteiger partial charge in [0, 0.05) is 5.69 Å². The lowest BCUT2D eigenvalue weighted by Crippen LogP contribution is -2.25. The number of hydrogen-bond acceptors (Lipinski definition) is 3. The van der Waals surface area contributed by atoms with Crippen molar-refractivity contribution < 1.29 is 4.79 Å². The Bertz CT molecular complexity index is 884. The minimum Gasteiger partial charge on any atom is -0.320 e. The van der Waals surface area contributed by atoms with Crippen molar-refractivity contribution in [3.05, 3.63) is 70.1 Å². The highest BCUT2D eigenvalue weighted by Gasteiger charge is 2.14. The van der Waals surface area contributed by atoms with E-state index in [-0.39, 0.29) is 5.69 Å². The summed E-state index contributed by atoms with van der Waals surface area (Å²) >= 11 is 0. The molecule has 21 heavy (non-hydrogen) atoms. The first kappa shape index (κ1) is 13.1. The maximum atomic E-state index is 12.2. The maximum Gasteiger partial charge on any atom is 0.280 e. The van der Waals surface area contributed by atoms with E-state index in [2.05, 4.69) is 15.3 Å². The summed E-state index contributed by atoms with van der Waals surface area (Å²) in [7, 11) is 0. The third-order valence-corrected chi connectivity index (χ3v) is 3.21. The van der Waals surface area contributed by atoms with Crippen molar-refractivity contribution in [2.24, 2.45) is 0 Å². The van der Waals surface area contributed by atoms with E-state index in [9.17, 15) is 9.59 Å². The highest BCUT2D eigenvalue weighted by atomic mass is 16.2. The zero-order valence-corrected chi connectivity index (χ0v) is 11.4. The van der Waals surface area contributed by atoms with E-state index in [1.54, 1.807) is 30.3 Å². The van der Waals surface area contributed by atoms with Crippen LogP contribution < -0.4 is 10.9 Å². The number of nitrogens with zero attached hydrogens (tertiary/aromatic N) is 1. The molecule has 0 bridgehead atoms. The Labute approximate surface area is 120 Å². The van der Waals surface area contributed by atoms with Crippen LogP contribution in [0.5, 0.6) is 0 Å². The number of nitrogens with one attached hydrogen (secondary N) is 2. The molecule has 2 aromatic carbocycles. The number of anilines is 1. The zero-order chi connectivity index (χ0) is 14.8. The number of H-pyrrole nitrogens is 1. The number of benzene rings is 2. The van der Waals surface area contributed by atoms with Gasteiger partial charge in [-0.05, 0) is 30.7 Å². The molecule has 1 aromatic heterocycles. The molecule has 2 N–H and O–H groups in total. The Morgan fingerprint density at radius 3 is 2.62 bits per heavy atom. The molecule has 0 spiro atoms. The topological polar surface area (TPSA) is 74.8 Å². The van der Waals surface area contributed by atoms with Crippen LogP contribution in [0.1, 0.15) is 16.1 Å². The molecule has 3 aromatic rings. The number of para-hydroxylation sites is 3. The van der Waals surface area contributed by atoms with Gasteiger partial charge in [0.15, 0.2) is 5.69 Å². The minimum atomic E-state index is -0.517. The van der Waals surface area contributed by atoms with Crippen molar-refractivity contribution in [1.82, 2.24) is 9.97 Å². The lowest BCUT2D eigenvalue weighted by Gasteiger charge is -2.07. The fourth-order valence-electron chi connectivity index (χ4n) is 2.08. The molecule has 0 fully saturated rings. The van der Waals surface area contributed by atoms with E-state index < -0.39 is 11.5 Å². The molecule has 0 unspecified atom stereocenters. The summed E-state index contributed by atoms with van der Waals surface area (Å²) in [6, 6.07) is 14.5. The van der Waals surface area contributed by atoms with Crippen LogP contribution in [-0.2, 0) is 0 Å². The van der Waals surface area contributed by atoms with Crippen molar-refractivity contribution in [2.75, 3.05) is 5.32 Å². The van der Waals surface area contributed by atoms with Crippen molar-refractivity contribution in [3.8, 4) is 0 Å². The van der Waals surface area contributed by atoms with Crippen LogP contribution in [0.3, 0.4) is 0 Å². The first-order chi connectivity index (χ1) is 10.1. The number of aromatic nitrogens is 2. The van der Waals surface area contributed by atoms with Crippen LogP contribution in [0.2, 0.25) is 0 Å². The Hall–Kier alpha value is -2.95. The van der Waals surface area contributed by atoms with Crippen LogP contribution >= 0.6 is 0 Å². The van der Waals surface area contributed by atoms with E-state index in [1.807, 2.05) is 25.1 Å². The molecule has 3 rings (SSSR count). The van der Waals surface area contributed by atoms with E-state index in [1.165, 1.54) is 0 Å². The van der Waals surface area contributed by atoms with Gasteiger partial charge in [0.2, 0.25) is 0 Å². The van der Waals surface area contributed by atoms with Gasteiger partial charge >= 0.3 is 0 Å². The minimum absolute atomic E-state index is 0.142. The van der Waals surface area contributed by atoms with E-state index in [0.29, 0.717) is 16.7 Å². The number of aryl methyl sites for hydroxylation is 1. The summed E-state index contributed by atoms with van der Waals surface area (Å²) in [4.78, 5) is 31.0. The summed E-state index contributed by atoms with van der Waals surface area (Å²) in [5.41, 5.74) is 2.12. The zero-order valence-electron chi connectivity index (χ0n) is 11.4. The molecule has 0 aliphatic rings. The molecule has 0 saturated heterocycles. The van der Waals surface area contributed by atoms with Gasteiger partial charge < -0.3 is 10.3 Å². The fraction of sp³-hybridized carbons (Fsp3) is 0.0625. The van der Waals surface area contributed by atoms with Gasteiger partial charge in [-0.2, -0.15) is 0 Å². The molecule has 1 heterocycles. The smallest absolute Gasteiger partial charge is 0.280 e. The lowest BCUT2D eigenvalue weighted by atomic mass is 10.2. The number of carbonyl (C=O) groups excluding carboxylic acids is 1. The van der Waals surface area contributed by atoms with Crippen LogP contribution in [0, 0.1) is 6.92 Å². The molecular weight excluding hydrogens is 266 g/mol. The average Bonchev–Trinajstić information content (AvgIpc) is 2.49. The Morgan fingerprint density at radius 1 is 1.10 bits per heavy atom. The Balaban J connectivity index is 2.00. The van der Waals surface area contributed by atoms with Crippen molar-refractivity contribution in [2.45, 2.75) is 6.92 Å². The number of carbonyl (C=O) groups is 1. The summed E-state index contributed by atoms with van der Waals surface area (Å²) in [6.07, 6.45) is 0. The first-order valence-corrected chi connectivity index (χ1v) is 6.51. The van der Waals surface area contributed by atoms with E-state index >= 15 is 0 Å². The molecule has 5 nitrogen and oxygen atoms in total. The van der Waals surface area contributed by atoms with Gasteiger partial charge in [-0.3, -0.25) is 9.59 Å². The molecule has 104 valence electrons. The van der Waals surface area contributed by atoms with Crippen LogP contribution in [0.25, 0.3) is 11.0 Å². The quantitative estimate of drug-likeness (QED) is 0.756. The first-order valence-electron chi connectivity index (χ1n) is 6.51. The van der Waals surface area contributed by atoms with Crippen LogP contribution in [0.15, 0.2) is 53.3 Å². The van der Waals surface area contributed by atoms with E-state index in [4.69, 9.17) is 0 Å². The average molecular weight is 279 g/mol. The third-order valence-electron chi connectivity index (χ3n) is 3.21. The fourth-order valence-corrected chi connectivity index (χ4v) is 2.08. The van der Waals surface area contributed by atoms with Crippen molar-refractivity contribution in [3.63, 3.8) is 0 Å². The van der Waals surface area contributed by atoms with Gasteiger partial charge in [0.25, 0.3) is 11.5 Å². The summed E-state index contributed by atoms with van der Waals surface area (Å²) in [5, 5.41) is 2.71. The van der Waals surface area contributed by atoms with E-state index in [0.717, 1.165) is 5.56 Å². The number of rotatable bonds is 2. The highest BCUT2D eigenvalue weighted by molar-refractivity contribution is 6.03. The number of amides is 1. The maximum absolute atomic E-state index is 12.2. The molecule has 0 radical (unpaired) electrons. The second kappa shape index (κ2) is 5.20. The SMILES string of the molecule is Cc1ccccc1NC(=O)c1nc2ccccc2[nH]c1=O. The van der Waals surface area contributed by atoms with Gasteiger partial charge in [-0.15, -0.1) is 0 Å². The van der Waals surface area contributed by atoms with Gasteiger partial charge in [-0.1, -0.05) is 30.3 Å². The number of aromatic amines is 1. The normalized spacial score (nSPS) is 10.5. The second-order valence-electron chi connectivity index (χ2n) is 4.70. The summed E-state index contributed by atoms with van der Waals surface area (Å²) in [5.74, 6) is -0.517. The summed E-state index contributed by atoms with van der Waals surface area (Å²) in [6.45, 7) is 1.88. The number of fused-ring (bicyclic) bond motifs is 1. The van der Waals surface area contributed by atoms with Gasteiger partial charge in [0.05, 0.1) is 11.0 Å². The van der Waals surface area contributed by atoms with Gasteiger partial charge in [-0.25, -0.2) is 4.98 Å². The molecule has 1 amide bonds. The molecule has 5 heteroatoms. The Morgan fingerprint density at radius 2 is 1.81 bits per heavy atom. The second-order valence-corrected chi connectivity index (χ2v) is 4.70. The standard InChI is InChI=1S/C16H13N3O2/c1-10-6-2-3-7-11(10)18-15(20)14-16(21)19-13-9-5-4-8-12(13)17-14/h2-9H,1H3,(H,18,20)(H,19,21). The largest absolute Gasteiger partial charge is 0.320 e. The molecule has 0 aliphatic heterocycles. The predicted octanol–water partition coefficient (Wildman–Crippen LogP) is 2.48. The molecule has 0 atom stereocenters. The number of hydrogen-bond donors (Lipinski definition) is 2. The lowest BCUT2D eigenvalue weighted by molar-refractivity contribution is 0.102. The monoisotopic (exact) mass is 279 g/mol. The molecule has 0 aliphatic carbocycles. The van der Waals surface area contributed by atoms with Crippen molar-refractivity contribution >= 4 is 22.6 Å². The highest BCUT2D eigenvalue weighted by Crippen LogP contribution is 2.14. The van der Waals surface area contributed by atoms with Crippen LogP contribution in [0.4, 0.5) is 5.69 Å². The third kappa shape index (κ3) is 2.53. The molecular formula is C16H13N3O2. The van der Waals surface area contributed by atoms with Crippen molar-refractivity contribution in [1.29, 1.82) is 0 Å². The summed E-state index contributed by atoms with van der Waals surface area (Å²) < 4.78 is 0. The molecule has 0 saturated carbocycles. The van der Waals surface area contributed by atoms with Crippen LogP contribution in [-0.4, -0.2) is 15.9 Å². The predicted molar refractivity (Wildman–Crippen MR) is 81.5 cm³/mol. The Kier molecular flexibility index (Phi) is 3.23.